The predicted octanol–water partition coefficient (Wildman–Crippen LogP) is 3.39. The number of carboxylic acid groups (broad SMARTS) is 1. The van der Waals surface area contributed by atoms with Gasteiger partial charge in [0, 0.05) is 0 Å². The summed E-state index contributed by atoms with van der Waals surface area (Å²) in [5.41, 5.74) is 2.59. The molecule has 0 fully saturated rings. The molecule has 2 rings (SSSR count). The van der Waals surface area contributed by atoms with Crippen LogP contribution in [0.5, 0.6) is 0 Å². The molecule has 1 N–H and O–H groups in total. The third-order valence-corrected chi connectivity index (χ3v) is 3.83. The van der Waals surface area contributed by atoms with E-state index in [1.807, 2.05) is 19.1 Å². The third kappa shape index (κ3) is 1.84. The monoisotopic (exact) mass is 218 g/mol. The Morgan fingerprint density at radius 2 is 1.94 bits per heavy atom. The maximum absolute atomic E-state index is 11.1. The fourth-order valence-corrected chi connectivity index (χ4v) is 2.73. The molecular formula is C14H18O2. The second-order valence-electron chi connectivity index (χ2n) is 4.84. The molecule has 0 bridgehead atoms. The van der Waals surface area contributed by atoms with Crippen LogP contribution in [0.15, 0.2) is 24.3 Å². The predicted molar refractivity (Wildman–Crippen MR) is 63.6 cm³/mol. The van der Waals surface area contributed by atoms with E-state index >= 15 is 0 Å². The average Bonchev–Trinajstić information content (AvgIpc) is 2.29. The van der Waals surface area contributed by atoms with E-state index in [0.717, 1.165) is 12.8 Å². The van der Waals surface area contributed by atoms with E-state index in [2.05, 4.69) is 19.1 Å². The van der Waals surface area contributed by atoms with Gasteiger partial charge in [0.2, 0.25) is 0 Å². The van der Waals surface area contributed by atoms with Crippen LogP contribution in [0.1, 0.15) is 49.7 Å². The zero-order valence-corrected chi connectivity index (χ0v) is 9.81. The summed E-state index contributed by atoms with van der Waals surface area (Å²) in [6.45, 7) is 4.04. The van der Waals surface area contributed by atoms with Gasteiger partial charge in [0.25, 0.3) is 0 Å². The lowest BCUT2D eigenvalue weighted by atomic mass is 9.73. The normalized spacial score (nSPS) is 25.9. The van der Waals surface area contributed by atoms with Crippen molar-refractivity contribution in [2.24, 2.45) is 5.92 Å². The Labute approximate surface area is 96.3 Å². The molecule has 0 saturated carbocycles. The van der Waals surface area contributed by atoms with E-state index < -0.39 is 5.97 Å². The Morgan fingerprint density at radius 3 is 2.56 bits per heavy atom. The van der Waals surface area contributed by atoms with Crippen LogP contribution in [0.2, 0.25) is 0 Å². The van der Waals surface area contributed by atoms with Gasteiger partial charge in [-0.15, -0.1) is 0 Å². The van der Waals surface area contributed by atoms with Crippen LogP contribution in [0, 0.1) is 5.92 Å². The van der Waals surface area contributed by atoms with Crippen LogP contribution in [0.4, 0.5) is 0 Å². The summed E-state index contributed by atoms with van der Waals surface area (Å²) in [6.07, 6.45) is 2.09. The SMILES string of the molecule is CC1CCC(C(C)C(=O)O)c2ccccc21. The van der Waals surface area contributed by atoms with Crippen LogP contribution in [-0.2, 0) is 4.79 Å². The van der Waals surface area contributed by atoms with Crippen molar-refractivity contribution in [2.75, 3.05) is 0 Å². The van der Waals surface area contributed by atoms with Crippen molar-refractivity contribution in [1.82, 2.24) is 0 Å². The lowest BCUT2D eigenvalue weighted by Gasteiger charge is -2.31. The fraction of sp³-hybridized carbons (Fsp3) is 0.500. The van der Waals surface area contributed by atoms with Crippen LogP contribution in [0.3, 0.4) is 0 Å². The summed E-state index contributed by atoms with van der Waals surface area (Å²) in [7, 11) is 0. The first kappa shape index (κ1) is 11.2. The van der Waals surface area contributed by atoms with E-state index in [9.17, 15) is 4.79 Å². The van der Waals surface area contributed by atoms with Gasteiger partial charge in [-0.25, -0.2) is 0 Å². The molecule has 2 nitrogen and oxygen atoms in total. The Morgan fingerprint density at radius 1 is 1.31 bits per heavy atom. The number of carbonyl (C=O) groups is 1. The van der Waals surface area contributed by atoms with Gasteiger partial charge >= 0.3 is 5.97 Å². The maximum Gasteiger partial charge on any atom is 0.306 e. The van der Waals surface area contributed by atoms with Crippen molar-refractivity contribution >= 4 is 5.97 Å². The quantitative estimate of drug-likeness (QED) is 0.826. The molecule has 0 saturated heterocycles. The molecule has 0 amide bonds. The summed E-state index contributed by atoms with van der Waals surface area (Å²) >= 11 is 0. The molecule has 1 aliphatic carbocycles. The molecule has 86 valence electrons. The number of hydrogen-bond donors (Lipinski definition) is 1. The van der Waals surface area contributed by atoms with Gasteiger partial charge in [0.1, 0.15) is 0 Å². The average molecular weight is 218 g/mol. The molecule has 0 aliphatic heterocycles. The van der Waals surface area contributed by atoms with Crippen LogP contribution < -0.4 is 0 Å². The molecule has 3 atom stereocenters. The highest BCUT2D eigenvalue weighted by Crippen LogP contribution is 2.41. The number of fused-ring (bicyclic) bond motifs is 1. The molecule has 2 heteroatoms. The molecule has 1 aliphatic rings. The minimum atomic E-state index is -0.686. The summed E-state index contributed by atoms with van der Waals surface area (Å²) in [6, 6.07) is 8.29. The Bertz CT molecular complexity index is 397. The van der Waals surface area contributed by atoms with E-state index in [1.165, 1.54) is 11.1 Å². The second kappa shape index (κ2) is 4.28. The lowest BCUT2D eigenvalue weighted by molar-refractivity contribution is -0.142. The van der Waals surface area contributed by atoms with Crippen molar-refractivity contribution in [3.63, 3.8) is 0 Å². The first-order valence-corrected chi connectivity index (χ1v) is 5.93. The molecule has 3 unspecified atom stereocenters. The lowest BCUT2D eigenvalue weighted by Crippen LogP contribution is -2.23. The third-order valence-electron chi connectivity index (χ3n) is 3.83. The molecule has 0 radical (unpaired) electrons. The molecule has 0 spiro atoms. The van der Waals surface area contributed by atoms with Crippen LogP contribution in [-0.4, -0.2) is 11.1 Å². The second-order valence-corrected chi connectivity index (χ2v) is 4.84. The highest BCUT2D eigenvalue weighted by Gasteiger charge is 2.31. The van der Waals surface area contributed by atoms with Crippen molar-refractivity contribution in [2.45, 2.75) is 38.5 Å². The highest BCUT2D eigenvalue weighted by molar-refractivity contribution is 5.71. The summed E-state index contributed by atoms with van der Waals surface area (Å²) in [5.74, 6) is -0.221. The Kier molecular flexibility index (Phi) is 2.99. The van der Waals surface area contributed by atoms with Gasteiger partial charge in [-0.2, -0.15) is 0 Å². The summed E-state index contributed by atoms with van der Waals surface area (Å²) in [5, 5.41) is 9.13. The van der Waals surface area contributed by atoms with Gasteiger partial charge in [-0.05, 0) is 35.8 Å². The van der Waals surface area contributed by atoms with Crippen molar-refractivity contribution in [3.8, 4) is 0 Å². The highest BCUT2D eigenvalue weighted by atomic mass is 16.4. The number of hydrogen-bond acceptors (Lipinski definition) is 1. The molecule has 16 heavy (non-hydrogen) atoms. The number of rotatable bonds is 2. The van der Waals surface area contributed by atoms with Gasteiger partial charge in [0.05, 0.1) is 5.92 Å². The molecule has 1 aromatic rings. The topological polar surface area (TPSA) is 37.3 Å². The van der Waals surface area contributed by atoms with Crippen molar-refractivity contribution in [1.29, 1.82) is 0 Å². The van der Waals surface area contributed by atoms with Crippen LogP contribution >= 0.6 is 0 Å². The fourth-order valence-electron chi connectivity index (χ4n) is 2.73. The van der Waals surface area contributed by atoms with E-state index in [0.29, 0.717) is 5.92 Å². The van der Waals surface area contributed by atoms with Gasteiger partial charge in [-0.1, -0.05) is 38.1 Å². The molecular weight excluding hydrogens is 200 g/mol. The smallest absolute Gasteiger partial charge is 0.306 e. The molecule has 0 aromatic heterocycles. The van der Waals surface area contributed by atoms with E-state index in [4.69, 9.17) is 5.11 Å². The Hall–Kier alpha value is -1.31. The first-order chi connectivity index (χ1) is 7.61. The first-order valence-electron chi connectivity index (χ1n) is 5.93. The van der Waals surface area contributed by atoms with Crippen molar-refractivity contribution in [3.05, 3.63) is 35.4 Å². The Balaban J connectivity index is 2.38. The minimum absolute atomic E-state index is 0.185. The minimum Gasteiger partial charge on any atom is -0.481 e. The standard InChI is InChI=1S/C14H18O2/c1-9-7-8-12(10(2)14(15)16)13-6-4-3-5-11(9)13/h3-6,9-10,12H,7-8H2,1-2H3,(H,15,16). The number of aliphatic carboxylic acids is 1. The zero-order valence-electron chi connectivity index (χ0n) is 9.81. The van der Waals surface area contributed by atoms with E-state index in [1.54, 1.807) is 0 Å². The molecule has 0 heterocycles. The maximum atomic E-state index is 11.1. The van der Waals surface area contributed by atoms with Crippen LogP contribution in [0.25, 0.3) is 0 Å². The molecule has 1 aromatic carbocycles. The summed E-state index contributed by atoms with van der Waals surface area (Å²) < 4.78 is 0. The number of carboxylic acids is 1. The van der Waals surface area contributed by atoms with Gasteiger partial charge in [-0.3, -0.25) is 4.79 Å². The largest absolute Gasteiger partial charge is 0.481 e. The zero-order chi connectivity index (χ0) is 11.7. The van der Waals surface area contributed by atoms with E-state index in [-0.39, 0.29) is 11.8 Å². The van der Waals surface area contributed by atoms with Gasteiger partial charge in [0.15, 0.2) is 0 Å². The van der Waals surface area contributed by atoms with Gasteiger partial charge < -0.3 is 5.11 Å². The van der Waals surface area contributed by atoms with Crippen molar-refractivity contribution < 1.29 is 9.90 Å². The summed E-state index contributed by atoms with van der Waals surface area (Å²) in [4.78, 5) is 11.1. The number of benzene rings is 1.